The van der Waals surface area contributed by atoms with E-state index >= 15 is 0 Å². The number of carbonyl (C=O) groups is 1. The maximum atomic E-state index is 10.5. The van der Waals surface area contributed by atoms with Crippen LogP contribution in [0.1, 0.15) is 12.0 Å². The predicted octanol–water partition coefficient (Wildman–Crippen LogP) is 3.07. The van der Waals surface area contributed by atoms with Gasteiger partial charge in [0.25, 0.3) is 0 Å². The van der Waals surface area contributed by atoms with Gasteiger partial charge >= 0.3 is 5.97 Å². The summed E-state index contributed by atoms with van der Waals surface area (Å²) in [6, 6.07) is 4.82. The molecule has 1 aromatic carbocycles. The molecule has 0 spiro atoms. The fourth-order valence-corrected chi connectivity index (χ4v) is 2.65. The summed E-state index contributed by atoms with van der Waals surface area (Å²) in [6.45, 7) is 0. The van der Waals surface area contributed by atoms with Crippen LogP contribution < -0.4 is 5.73 Å². The third-order valence-electron chi connectivity index (χ3n) is 2.41. The first-order valence-corrected chi connectivity index (χ1v) is 7.42. The summed E-state index contributed by atoms with van der Waals surface area (Å²) < 4.78 is 0. The quantitative estimate of drug-likeness (QED) is 0.760. The first kappa shape index (κ1) is 15.6. The van der Waals surface area contributed by atoms with Crippen molar-refractivity contribution in [1.82, 2.24) is 0 Å². The molecule has 0 saturated carbocycles. The number of carboxylic acid groups (broad SMARTS) is 1. The Balaban J connectivity index is 2.22. The molecule has 0 aliphatic heterocycles. The number of hydrogen-bond acceptors (Lipinski definition) is 3. The molecule has 0 amide bonds. The lowest BCUT2D eigenvalue weighted by molar-refractivity contribution is -0.138. The molecule has 100 valence electrons. The number of halogens is 2. The lowest BCUT2D eigenvalue weighted by Crippen LogP contribution is -2.30. The fraction of sp³-hybridized carbons (Fsp3) is 0.417. The van der Waals surface area contributed by atoms with Gasteiger partial charge in [0.15, 0.2) is 0 Å². The number of hydrogen-bond donors (Lipinski definition) is 2. The summed E-state index contributed by atoms with van der Waals surface area (Å²) in [5.74, 6) is 0.708. The highest BCUT2D eigenvalue weighted by atomic mass is 35.5. The number of thioether (sulfide) groups is 1. The van der Waals surface area contributed by atoms with Crippen LogP contribution in [0.2, 0.25) is 10.0 Å². The molecule has 1 unspecified atom stereocenters. The number of nitrogens with two attached hydrogens (primary N) is 1. The van der Waals surface area contributed by atoms with E-state index in [9.17, 15) is 4.79 Å². The summed E-state index contributed by atoms with van der Waals surface area (Å²) in [5, 5.41) is 9.73. The Hall–Kier alpha value is -0.420. The van der Waals surface area contributed by atoms with Gasteiger partial charge in [-0.1, -0.05) is 29.3 Å². The Bertz CT molecular complexity index is 415. The minimum absolute atomic E-state index is 0.487. The van der Waals surface area contributed by atoms with Gasteiger partial charge < -0.3 is 10.8 Å². The smallest absolute Gasteiger partial charge is 0.320 e. The molecule has 1 atom stereocenters. The monoisotopic (exact) mass is 307 g/mol. The van der Waals surface area contributed by atoms with E-state index in [4.69, 9.17) is 34.0 Å². The number of benzene rings is 1. The maximum absolute atomic E-state index is 10.5. The standard InChI is InChI=1S/C12H15Cl2NO2S/c13-9-2-1-8(7-10(9)14)3-5-18-6-4-11(15)12(16)17/h1-2,7,11H,3-6,15H2,(H,16,17). The average molecular weight is 308 g/mol. The van der Waals surface area contributed by atoms with E-state index in [1.165, 1.54) is 0 Å². The van der Waals surface area contributed by atoms with Gasteiger partial charge in [-0.05, 0) is 42.0 Å². The molecule has 3 N–H and O–H groups in total. The largest absolute Gasteiger partial charge is 0.480 e. The molecule has 0 bridgehead atoms. The second-order valence-corrected chi connectivity index (χ2v) is 5.88. The summed E-state index contributed by atoms with van der Waals surface area (Å²) in [5.41, 5.74) is 6.53. The van der Waals surface area contributed by atoms with Crippen LogP contribution in [0.3, 0.4) is 0 Å². The van der Waals surface area contributed by atoms with Gasteiger partial charge in [0.2, 0.25) is 0 Å². The molecule has 0 heterocycles. The van der Waals surface area contributed by atoms with E-state index in [1.54, 1.807) is 17.8 Å². The van der Waals surface area contributed by atoms with Gasteiger partial charge in [-0.15, -0.1) is 0 Å². The summed E-state index contributed by atoms with van der Waals surface area (Å²) in [6.07, 6.45) is 1.37. The molecular weight excluding hydrogens is 293 g/mol. The normalized spacial score (nSPS) is 12.4. The molecular formula is C12H15Cl2NO2S. The molecule has 0 fully saturated rings. The Labute approximate surface area is 121 Å². The summed E-state index contributed by atoms with van der Waals surface area (Å²) >= 11 is 13.4. The summed E-state index contributed by atoms with van der Waals surface area (Å²) in [7, 11) is 0. The highest BCUT2D eigenvalue weighted by molar-refractivity contribution is 7.99. The number of aryl methyl sites for hydroxylation is 1. The van der Waals surface area contributed by atoms with Crippen LogP contribution in [0.25, 0.3) is 0 Å². The average Bonchev–Trinajstić information content (AvgIpc) is 2.32. The number of aliphatic carboxylic acids is 1. The molecule has 1 rings (SSSR count). The van der Waals surface area contributed by atoms with E-state index in [-0.39, 0.29) is 0 Å². The third-order valence-corrected chi connectivity index (χ3v) is 4.17. The van der Waals surface area contributed by atoms with Crippen molar-refractivity contribution in [1.29, 1.82) is 0 Å². The Morgan fingerprint density at radius 3 is 2.67 bits per heavy atom. The van der Waals surface area contributed by atoms with E-state index < -0.39 is 12.0 Å². The maximum Gasteiger partial charge on any atom is 0.320 e. The van der Waals surface area contributed by atoms with Gasteiger partial charge in [-0.3, -0.25) is 4.79 Å². The molecule has 0 aromatic heterocycles. The topological polar surface area (TPSA) is 63.3 Å². The Morgan fingerprint density at radius 1 is 1.33 bits per heavy atom. The Morgan fingerprint density at radius 2 is 2.06 bits per heavy atom. The molecule has 0 radical (unpaired) electrons. The zero-order valence-corrected chi connectivity index (χ0v) is 12.1. The van der Waals surface area contributed by atoms with Crippen molar-refractivity contribution in [3.8, 4) is 0 Å². The van der Waals surface area contributed by atoms with Crippen LogP contribution in [0.4, 0.5) is 0 Å². The van der Waals surface area contributed by atoms with Crippen LogP contribution in [0, 0.1) is 0 Å². The first-order chi connectivity index (χ1) is 8.50. The van der Waals surface area contributed by atoms with E-state index in [1.807, 2.05) is 12.1 Å². The van der Waals surface area contributed by atoms with Crippen molar-refractivity contribution in [3.05, 3.63) is 33.8 Å². The third kappa shape index (κ3) is 5.48. The second kappa shape index (κ2) is 7.89. The lowest BCUT2D eigenvalue weighted by Gasteiger charge is -2.06. The van der Waals surface area contributed by atoms with Gasteiger partial charge in [-0.2, -0.15) is 11.8 Å². The van der Waals surface area contributed by atoms with Crippen molar-refractivity contribution >= 4 is 40.9 Å². The molecule has 6 heteroatoms. The van der Waals surface area contributed by atoms with E-state index in [0.717, 1.165) is 23.5 Å². The molecule has 0 aliphatic carbocycles. The molecule has 18 heavy (non-hydrogen) atoms. The molecule has 1 aromatic rings. The molecule has 0 saturated heterocycles. The van der Waals surface area contributed by atoms with Gasteiger partial charge in [-0.25, -0.2) is 0 Å². The minimum atomic E-state index is -0.944. The first-order valence-electron chi connectivity index (χ1n) is 5.50. The SMILES string of the molecule is NC(CCSCCc1ccc(Cl)c(Cl)c1)C(=O)O. The van der Waals surface area contributed by atoms with Gasteiger partial charge in [0, 0.05) is 0 Å². The number of rotatable bonds is 7. The van der Waals surface area contributed by atoms with Crippen LogP contribution >= 0.6 is 35.0 Å². The number of carboxylic acids is 1. The van der Waals surface area contributed by atoms with Crippen LogP contribution in [0.15, 0.2) is 18.2 Å². The van der Waals surface area contributed by atoms with Crippen molar-refractivity contribution in [2.45, 2.75) is 18.9 Å². The van der Waals surface area contributed by atoms with Crippen molar-refractivity contribution in [3.63, 3.8) is 0 Å². The second-order valence-electron chi connectivity index (χ2n) is 3.84. The van der Waals surface area contributed by atoms with Gasteiger partial charge in [0.1, 0.15) is 6.04 Å². The fourth-order valence-electron chi connectivity index (χ4n) is 1.32. The lowest BCUT2D eigenvalue weighted by atomic mass is 10.2. The summed E-state index contributed by atoms with van der Waals surface area (Å²) in [4.78, 5) is 10.5. The molecule has 3 nitrogen and oxygen atoms in total. The zero-order chi connectivity index (χ0) is 13.5. The van der Waals surface area contributed by atoms with Gasteiger partial charge in [0.05, 0.1) is 10.0 Å². The minimum Gasteiger partial charge on any atom is -0.480 e. The highest BCUT2D eigenvalue weighted by Crippen LogP contribution is 2.23. The predicted molar refractivity (Wildman–Crippen MR) is 77.7 cm³/mol. The Kier molecular flexibility index (Phi) is 6.86. The van der Waals surface area contributed by atoms with Crippen molar-refractivity contribution in [2.75, 3.05) is 11.5 Å². The zero-order valence-electron chi connectivity index (χ0n) is 9.73. The van der Waals surface area contributed by atoms with Crippen molar-refractivity contribution in [2.24, 2.45) is 5.73 Å². The molecule has 0 aliphatic rings. The van der Waals surface area contributed by atoms with E-state index in [0.29, 0.717) is 16.5 Å². The van der Waals surface area contributed by atoms with Crippen LogP contribution in [-0.2, 0) is 11.2 Å². The van der Waals surface area contributed by atoms with E-state index in [2.05, 4.69) is 0 Å². The van der Waals surface area contributed by atoms with Crippen LogP contribution in [0.5, 0.6) is 0 Å². The van der Waals surface area contributed by atoms with Crippen molar-refractivity contribution < 1.29 is 9.90 Å². The van der Waals surface area contributed by atoms with Crippen LogP contribution in [-0.4, -0.2) is 28.6 Å². The highest BCUT2D eigenvalue weighted by Gasteiger charge is 2.10.